The van der Waals surface area contributed by atoms with Gasteiger partial charge in [0.05, 0.1) is 5.75 Å². The summed E-state index contributed by atoms with van der Waals surface area (Å²) in [5, 5.41) is 0. The van der Waals surface area contributed by atoms with Crippen molar-refractivity contribution in [1.82, 2.24) is 0 Å². The van der Waals surface area contributed by atoms with Crippen LogP contribution in [0.4, 0.5) is 0 Å². The molecule has 0 bridgehead atoms. The van der Waals surface area contributed by atoms with E-state index < -0.39 is 11.1 Å². The minimum atomic E-state index is -1.62. The van der Waals surface area contributed by atoms with Crippen molar-refractivity contribution < 1.29 is 8.76 Å². The maximum atomic E-state index is 10.2. The first-order chi connectivity index (χ1) is 4.29. The molecule has 0 radical (unpaired) electrons. The first kappa shape index (κ1) is 6.96. The minimum Gasteiger partial charge on any atom is -0.306 e. The van der Waals surface area contributed by atoms with E-state index in [0.29, 0.717) is 5.75 Å². The molecule has 0 fully saturated rings. The average Bonchev–Trinajstić information content (AvgIpc) is 2.15. The summed E-state index contributed by atoms with van der Waals surface area (Å²) in [6, 6.07) is 0. The van der Waals surface area contributed by atoms with E-state index in [1.807, 2.05) is 0 Å². The van der Waals surface area contributed by atoms with Crippen molar-refractivity contribution in [2.75, 3.05) is 5.75 Å². The van der Waals surface area contributed by atoms with Gasteiger partial charge in [0.2, 0.25) is 0 Å². The normalized spacial score (nSPS) is 21.7. The zero-order valence-corrected chi connectivity index (χ0v) is 5.99. The summed E-state index contributed by atoms with van der Waals surface area (Å²) in [4.78, 5) is 0. The lowest BCUT2D eigenvalue weighted by Crippen LogP contribution is -1.95. The highest BCUT2D eigenvalue weighted by Gasteiger charge is 2.05. The van der Waals surface area contributed by atoms with E-state index in [1.165, 1.54) is 0 Å². The maximum Gasteiger partial charge on any atom is 0.156 e. The molecule has 9 heavy (non-hydrogen) atoms. The highest BCUT2D eigenvalue weighted by Crippen LogP contribution is 2.17. The molecule has 1 atom stereocenters. The quantitative estimate of drug-likeness (QED) is 0.471. The highest BCUT2D eigenvalue weighted by molar-refractivity contribution is 7.79. The van der Waals surface area contributed by atoms with E-state index in [0.717, 1.165) is 24.8 Å². The molecule has 0 aromatic carbocycles. The Kier molecular flexibility index (Phi) is 2.42. The van der Waals surface area contributed by atoms with Crippen LogP contribution in [0.1, 0.15) is 19.3 Å². The Hall–Kier alpha value is -0.150. The first-order valence-corrected chi connectivity index (χ1v) is 4.32. The van der Waals surface area contributed by atoms with Crippen molar-refractivity contribution in [3.8, 4) is 0 Å². The molecular formula is C6H10O2S. The van der Waals surface area contributed by atoms with Crippen LogP contribution in [0.3, 0.4) is 0 Å². The zero-order chi connectivity index (χ0) is 6.69. The van der Waals surface area contributed by atoms with Crippen LogP contribution in [0, 0.1) is 0 Å². The minimum absolute atomic E-state index is 0.361. The summed E-state index contributed by atoms with van der Waals surface area (Å²) in [5.74, 6) is 0.361. The van der Waals surface area contributed by atoms with Gasteiger partial charge in [0.1, 0.15) is 0 Å². The van der Waals surface area contributed by atoms with E-state index >= 15 is 0 Å². The fraction of sp³-hybridized carbons (Fsp3) is 0.667. The van der Waals surface area contributed by atoms with Gasteiger partial charge in [-0.25, -0.2) is 4.21 Å². The molecule has 2 nitrogen and oxygen atoms in total. The number of rotatable bonds is 2. The van der Waals surface area contributed by atoms with Gasteiger partial charge in [0, 0.05) is 0 Å². The summed E-state index contributed by atoms with van der Waals surface area (Å²) >= 11 is -1.62. The van der Waals surface area contributed by atoms with Gasteiger partial charge in [-0.1, -0.05) is 11.6 Å². The second kappa shape index (κ2) is 3.13. The topological polar surface area (TPSA) is 37.3 Å². The second-order valence-electron chi connectivity index (χ2n) is 2.22. The molecule has 0 saturated heterocycles. The van der Waals surface area contributed by atoms with Crippen LogP contribution < -0.4 is 0 Å². The van der Waals surface area contributed by atoms with Crippen molar-refractivity contribution in [3.63, 3.8) is 0 Å². The Morgan fingerprint density at radius 1 is 1.78 bits per heavy atom. The molecule has 1 rings (SSSR count). The summed E-state index contributed by atoms with van der Waals surface area (Å²) in [5.41, 5.74) is 1.15. The van der Waals surface area contributed by atoms with E-state index in [2.05, 4.69) is 6.08 Å². The molecular weight excluding hydrogens is 136 g/mol. The summed E-state index contributed by atoms with van der Waals surface area (Å²) < 4.78 is 18.7. The molecule has 3 heteroatoms. The van der Waals surface area contributed by atoms with E-state index in [9.17, 15) is 4.21 Å². The highest BCUT2D eigenvalue weighted by atomic mass is 32.2. The van der Waals surface area contributed by atoms with Crippen molar-refractivity contribution in [2.24, 2.45) is 0 Å². The van der Waals surface area contributed by atoms with E-state index in [1.54, 1.807) is 0 Å². The Morgan fingerprint density at radius 3 is 3.00 bits per heavy atom. The molecule has 0 aromatic rings. The smallest absolute Gasteiger partial charge is 0.156 e. The molecule has 0 aliphatic heterocycles. The van der Waals surface area contributed by atoms with Gasteiger partial charge in [-0.3, -0.25) is 0 Å². The number of hydrogen-bond donors (Lipinski definition) is 1. The Bertz CT molecular complexity index is 151. The van der Waals surface area contributed by atoms with Crippen LogP contribution in [-0.4, -0.2) is 14.5 Å². The number of allylic oxidation sites excluding steroid dienone is 1. The van der Waals surface area contributed by atoms with E-state index in [-0.39, 0.29) is 0 Å². The lowest BCUT2D eigenvalue weighted by atomic mass is 10.3. The van der Waals surface area contributed by atoms with Crippen LogP contribution in [0.15, 0.2) is 11.6 Å². The van der Waals surface area contributed by atoms with Gasteiger partial charge in [-0.2, -0.15) is 0 Å². The monoisotopic (exact) mass is 146 g/mol. The molecule has 0 saturated carbocycles. The Morgan fingerprint density at radius 2 is 2.56 bits per heavy atom. The zero-order valence-electron chi connectivity index (χ0n) is 5.17. The largest absolute Gasteiger partial charge is 0.306 e. The van der Waals surface area contributed by atoms with Crippen LogP contribution in [-0.2, 0) is 11.1 Å². The maximum absolute atomic E-state index is 10.2. The van der Waals surface area contributed by atoms with Crippen LogP contribution >= 0.6 is 0 Å². The van der Waals surface area contributed by atoms with E-state index in [4.69, 9.17) is 4.55 Å². The van der Waals surface area contributed by atoms with Crippen LogP contribution in [0.25, 0.3) is 0 Å². The summed E-state index contributed by atoms with van der Waals surface area (Å²) in [7, 11) is 0. The van der Waals surface area contributed by atoms with Gasteiger partial charge < -0.3 is 4.55 Å². The van der Waals surface area contributed by atoms with Gasteiger partial charge in [-0.05, 0) is 19.3 Å². The Labute approximate surface area is 57.2 Å². The van der Waals surface area contributed by atoms with Crippen molar-refractivity contribution >= 4 is 11.1 Å². The summed E-state index contributed by atoms with van der Waals surface area (Å²) in [6.45, 7) is 0. The van der Waals surface area contributed by atoms with Gasteiger partial charge in [0.15, 0.2) is 11.1 Å². The average molecular weight is 146 g/mol. The standard InChI is InChI=1S/C6H10O2S/c7-9(8)5-6-3-1-2-4-6/h3H,1-2,4-5H2,(H,7,8). The predicted octanol–water partition coefficient (Wildman–Crippen LogP) is 1.32. The lowest BCUT2D eigenvalue weighted by Gasteiger charge is -1.93. The third kappa shape index (κ3) is 2.28. The fourth-order valence-electron chi connectivity index (χ4n) is 1.03. The molecule has 0 heterocycles. The van der Waals surface area contributed by atoms with Crippen molar-refractivity contribution in [3.05, 3.63) is 11.6 Å². The molecule has 1 N–H and O–H groups in total. The molecule has 0 spiro atoms. The SMILES string of the molecule is O=S(O)CC1=CCCC1. The van der Waals surface area contributed by atoms with Gasteiger partial charge >= 0.3 is 0 Å². The third-order valence-electron chi connectivity index (χ3n) is 1.44. The lowest BCUT2D eigenvalue weighted by molar-refractivity contribution is 0.566. The molecule has 1 unspecified atom stereocenters. The summed E-state index contributed by atoms with van der Waals surface area (Å²) in [6.07, 6.45) is 5.33. The van der Waals surface area contributed by atoms with Crippen LogP contribution in [0.5, 0.6) is 0 Å². The predicted molar refractivity (Wildman–Crippen MR) is 37.6 cm³/mol. The molecule has 1 aliphatic rings. The van der Waals surface area contributed by atoms with Gasteiger partial charge in [-0.15, -0.1) is 0 Å². The van der Waals surface area contributed by atoms with Crippen molar-refractivity contribution in [2.45, 2.75) is 19.3 Å². The van der Waals surface area contributed by atoms with Gasteiger partial charge in [0.25, 0.3) is 0 Å². The van der Waals surface area contributed by atoms with Crippen LogP contribution in [0.2, 0.25) is 0 Å². The third-order valence-corrected chi connectivity index (χ3v) is 2.06. The number of hydrogen-bond acceptors (Lipinski definition) is 1. The molecule has 0 amide bonds. The molecule has 0 aromatic heterocycles. The van der Waals surface area contributed by atoms with Crippen molar-refractivity contribution in [1.29, 1.82) is 0 Å². The Balaban J connectivity index is 2.35. The fourth-order valence-corrected chi connectivity index (χ4v) is 1.61. The first-order valence-electron chi connectivity index (χ1n) is 3.04. The molecule has 1 aliphatic carbocycles. The second-order valence-corrected chi connectivity index (χ2v) is 3.15. The molecule has 52 valence electrons.